The van der Waals surface area contributed by atoms with Crippen molar-refractivity contribution in [2.24, 2.45) is 39.9 Å². The van der Waals surface area contributed by atoms with E-state index in [1.54, 1.807) is 0 Å². The van der Waals surface area contributed by atoms with Crippen LogP contribution in [0.25, 0.3) is 0 Å². The predicted octanol–water partition coefficient (Wildman–Crippen LogP) is 7.38. The fourth-order valence-electron chi connectivity index (χ4n) is 10.0. The number of carbonyl (C=O) groups excluding carboxylic acids is 2. The van der Waals surface area contributed by atoms with Gasteiger partial charge in [-0.3, -0.25) is 4.79 Å². The number of allylic oxidation sites excluding steroid dienone is 2. The van der Waals surface area contributed by atoms with Crippen molar-refractivity contribution < 1.29 is 47.2 Å². The molecule has 0 aliphatic heterocycles. The van der Waals surface area contributed by atoms with E-state index in [1.807, 2.05) is 13.8 Å². The minimum absolute atomic E-state index is 0.0834. The maximum absolute atomic E-state index is 13.7. The van der Waals surface area contributed by atoms with Crippen LogP contribution in [0.1, 0.15) is 99.8 Å². The zero-order valence-electron chi connectivity index (χ0n) is 27.6. The molecule has 0 saturated heterocycles. The molecular weight excluding hydrogens is 657 g/mol. The minimum atomic E-state index is -4.57. The maximum atomic E-state index is 13.7. The number of hydrogen-bond donors (Lipinski definition) is 2. The van der Waals surface area contributed by atoms with Crippen LogP contribution in [0.3, 0.4) is 0 Å². The Balaban J connectivity index is 1.84. The lowest BCUT2D eigenvalue weighted by Crippen LogP contribution is -2.65. The first-order valence-corrected chi connectivity index (χ1v) is 17.0. The Labute approximate surface area is 273 Å². The van der Waals surface area contributed by atoms with Crippen LogP contribution >= 0.6 is 15.9 Å². The van der Waals surface area contributed by atoms with Gasteiger partial charge in [-0.15, -0.1) is 0 Å². The van der Waals surface area contributed by atoms with Crippen LogP contribution in [0.4, 0.5) is 13.2 Å². The van der Waals surface area contributed by atoms with Gasteiger partial charge < -0.3 is 24.4 Å². The molecule has 2 unspecified atom stereocenters. The predicted molar refractivity (Wildman–Crippen MR) is 166 cm³/mol. The number of esters is 2. The summed E-state index contributed by atoms with van der Waals surface area (Å²) in [5.74, 6) is -1.66. The van der Waals surface area contributed by atoms with E-state index in [1.165, 1.54) is 6.92 Å². The monoisotopic (exact) mass is 706 g/mol. The molecule has 0 radical (unpaired) electrons. The molecule has 4 aliphatic rings. The van der Waals surface area contributed by atoms with E-state index in [0.717, 1.165) is 29.3 Å². The second-order valence-corrected chi connectivity index (χ2v) is 15.9. The van der Waals surface area contributed by atoms with Gasteiger partial charge in [0.25, 0.3) is 0 Å². The van der Waals surface area contributed by atoms with Crippen molar-refractivity contribution in [3.8, 4) is 0 Å². The number of rotatable bonds is 8. The third-order valence-corrected chi connectivity index (χ3v) is 13.5. The number of fused-ring (bicyclic) bond motifs is 5. The van der Waals surface area contributed by atoms with Gasteiger partial charge in [-0.25, -0.2) is 4.79 Å². The van der Waals surface area contributed by atoms with Gasteiger partial charge in [-0.1, -0.05) is 49.2 Å². The summed E-state index contributed by atoms with van der Waals surface area (Å²) in [6.07, 6.45) is -2.61. The molecule has 0 aromatic heterocycles. The molecule has 0 spiro atoms. The summed E-state index contributed by atoms with van der Waals surface area (Å²) in [5.41, 5.74) is 0.344. The van der Waals surface area contributed by atoms with Crippen LogP contribution in [0.15, 0.2) is 21.2 Å². The number of carbonyl (C=O) groups is 2. The summed E-state index contributed by atoms with van der Waals surface area (Å²) in [4.78, 5) is 25.1. The van der Waals surface area contributed by atoms with Gasteiger partial charge in [-0.05, 0) is 115 Å². The summed E-state index contributed by atoms with van der Waals surface area (Å²) >= 11 is 3.56. The van der Waals surface area contributed by atoms with Crippen molar-refractivity contribution in [3.63, 3.8) is 0 Å². The molecule has 2 N–H and O–H groups in total. The highest BCUT2D eigenvalue weighted by molar-refractivity contribution is 9.11. The molecule has 11 heteroatoms. The second-order valence-electron chi connectivity index (χ2n) is 14.9. The Hall–Kier alpha value is -1.43. The molecule has 0 aromatic carbocycles. The van der Waals surface area contributed by atoms with Crippen LogP contribution in [0, 0.1) is 39.9 Å². The van der Waals surface area contributed by atoms with E-state index < -0.39 is 66.6 Å². The Morgan fingerprint density at radius 3 is 2.24 bits per heavy atom. The van der Waals surface area contributed by atoms with Gasteiger partial charge in [0.05, 0.1) is 18.3 Å². The summed E-state index contributed by atoms with van der Waals surface area (Å²) in [7, 11) is 0. The number of ether oxygens (including phenoxy) is 3. The highest BCUT2D eigenvalue weighted by atomic mass is 79.9. The van der Waals surface area contributed by atoms with Crippen molar-refractivity contribution in [1.29, 1.82) is 0 Å². The SMILES string of the molecule is CC(=O)OCOC(=O)/C(CCC(Br)=C(C)C)=C1/C2C[C@@H](O)[C@H]3[C@@]4(C)CC[C@@H](O)[C@@H](C)C4CC[C@]3(C)[C@@]2(C)C[C@@H]1OCC(F)(F)F. The number of alkyl halides is 3. The maximum Gasteiger partial charge on any atom is 0.411 e. The first-order valence-electron chi connectivity index (χ1n) is 16.2. The van der Waals surface area contributed by atoms with Crippen molar-refractivity contribution in [3.05, 3.63) is 21.2 Å². The van der Waals surface area contributed by atoms with Gasteiger partial charge in [0.15, 0.2) is 0 Å². The third kappa shape index (κ3) is 6.79. The first kappa shape index (κ1) is 36.4. The zero-order valence-corrected chi connectivity index (χ0v) is 29.1. The zero-order chi connectivity index (χ0) is 33.7. The third-order valence-electron chi connectivity index (χ3n) is 12.3. The van der Waals surface area contributed by atoms with Crippen LogP contribution in [0.5, 0.6) is 0 Å². The minimum Gasteiger partial charge on any atom is -0.428 e. The van der Waals surface area contributed by atoms with Crippen molar-refractivity contribution in [1.82, 2.24) is 0 Å². The van der Waals surface area contributed by atoms with E-state index >= 15 is 0 Å². The molecule has 10 atom stereocenters. The fourth-order valence-corrected chi connectivity index (χ4v) is 10.2. The van der Waals surface area contributed by atoms with Gasteiger partial charge in [0.2, 0.25) is 6.79 Å². The lowest BCUT2D eigenvalue weighted by Gasteiger charge is -2.69. The molecule has 0 heterocycles. The van der Waals surface area contributed by atoms with Crippen LogP contribution in [-0.4, -0.2) is 60.0 Å². The van der Waals surface area contributed by atoms with Crippen LogP contribution in [-0.2, 0) is 23.8 Å². The first-order chi connectivity index (χ1) is 20.8. The van der Waals surface area contributed by atoms with Gasteiger partial charge >= 0.3 is 18.1 Å². The summed E-state index contributed by atoms with van der Waals surface area (Å²) in [6.45, 7) is 11.5. The molecule has 4 aliphatic carbocycles. The van der Waals surface area contributed by atoms with E-state index in [2.05, 4.69) is 43.6 Å². The highest BCUT2D eigenvalue weighted by Crippen LogP contribution is 2.74. The molecule has 256 valence electrons. The van der Waals surface area contributed by atoms with Crippen molar-refractivity contribution in [2.75, 3.05) is 13.4 Å². The summed E-state index contributed by atoms with van der Waals surface area (Å²) < 4.78 is 57.6. The largest absolute Gasteiger partial charge is 0.428 e. The number of halogens is 4. The van der Waals surface area contributed by atoms with Gasteiger partial charge in [-0.2, -0.15) is 13.2 Å². The lowest BCUT2D eigenvalue weighted by atomic mass is 9.36. The topological polar surface area (TPSA) is 102 Å². The van der Waals surface area contributed by atoms with E-state index in [-0.39, 0.29) is 48.0 Å². The lowest BCUT2D eigenvalue weighted by molar-refractivity contribution is -0.235. The molecule has 4 fully saturated rings. The van der Waals surface area contributed by atoms with Crippen LogP contribution in [0.2, 0.25) is 0 Å². The van der Waals surface area contributed by atoms with Crippen molar-refractivity contribution >= 4 is 27.9 Å². The standard InChI is InChI=1S/C34H50BrF3O7/c1-18(2)24(35)9-8-21(30(42)45-17-44-20(4)39)28-23-14-26(41)29-31(5)12-11-25(40)19(3)22(31)10-13-32(29,6)33(23,7)15-27(28)43-16-34(36,37)38/h19,22-23,25-27,29,40-41H,8-17H2,1-7H3/b28-21-/t19-,22?,23?,25+,26+,27-,29-,31-,32-,33-/m0/s1. The molecule has 4 saturated carbocycles. The number of aliphatic hydroxyl groups excluding tert-OH is 2. The average Bonchev–Trinajstić information content (AvgIpc) is 3.21. The second kappa shape index (κ2) is 13.2. The summed E-state index contributed by atoms with van der Waals surface area (Å²) in [5, 5.41) is 22.8. The normalized spacial score (nSPS) is 40.5. The summed E-state index contributed by atoms with van der Waals surface area (Å²) in [6, 6.07) is 0. The van der Waals surface area contributed by atoms with Crippen LogP contribution < -0.4 is 0 Å². The molecule has 7 nitrogen and oxygen atoms in total. The average molecular weight is 708 g/mol. The van der Waals surface area contributed by atoms with Gasteiger partial charge in [0.1, 0.15) is 6.61 Å². The molecule has 0 bridgehead atoms. The smallest absolute Gasteiger partial charge is 0.411 e. The Kier molecular flexibility index (Phi) is 10.7. The van der Waals surface area contributed by atoms with E-state index in [0.29, 0.717) is 18.4 Å². The Morgan fingerprint density at radius 1 is 0.978 bits per heavy atom. The van der Waals surface area contributed by atoms with Gasteiger partial charge in [0, 0.05) is 12.5 Å². The quantitative estimate of drug-likeness (QED) is 0.154. The molecule has 0 amide bonds. The Morgan fingerprint density at radius 2 is 1.64 bits per heavy atom. The molecule has 4 rings (SSSR count). The molecule has 0 aromatic rings. The highest BCUT2D eigenvalue weighted by Gasteiger charge is 2.70. The fraction of sp³-hybridized carbons (Fsp3) is 0.824. The molecular formula is C34H50BrF3O7. The molecule has 45 heavy (non-hydrogen) atoms. The van der Waals surface area contributed by atoms with Crippen molar-refractivity contribution in [2.45, 2.75) is 124 Å². The van der Waals surface area contributed by atoms with E-state index in [9.17, 15) is 33.0 Å². The number of aliphatic hydroxyl groups is 2. The number of hydrogen-bond acceptors (Lipinski definition) is 7. The Bertz CT molecular complexity index is 1210. The van der Waals surface area contributed by atoms with E-state index in [4.69, 9.17) is 14.2 Å².